The van der Waals surface area contributed by atoms with Gasteiger partial charge in [-0.25, -0.2) is 0 Å². The van der Waals surface area contributed by atoms with Gasteiger partial charge in [0.25, 0.3) is 0 Å². The largest absolute Gasteiger partial charge is 0.389 e. The minimum Gasteiger partial charge on any atom is -0.389 e. The Morgan fingerprint density at radius 3 is 2.82 bits per heavy atom. The molecule has 1 unspecified atom stereocenters. The summed E-state index contributed by atoms with van der Waals surface area (Å²) in [5.41, 5.74) is -0.204. The summed E-state index contributed by atoms with van der Waals surface area (Å²) in [7, 11) is 0. The first kappa shape index (κ1) is 13.3. The topological polar surface area (TPSA) is 40.5 Å². The monoisotopic (exact) mass is 293 g/mol. The number of hydrogen-bond donors (Lipinski definition) is 1. The number of β-amino-alcohol motifs (C(OH)–C–C–N with tert-alkyl or cyclic N) is 1. The van der Waals surface area contributed by atoms with Crippen LogP contribution in [0.5, 0.6) is 0 Å². The number of ketones is 1. The lowest BCUT2D eigenvalue weighted by Crippen LogP contribution is -2.33. The summed E-state index contributed by atoms with van der Waals surface area (Å²) in [6, 6.07) is 1.60. The van der Waals surface area contributed by atoms with Crippen molar-refractivity contribution >= 4 is 40.3 Å². The summed E-state index contributed by atoms with van der Waals surface area (Å²) in [4.78, 5) is 13.9. The van der Waals surface area contributed by atoms with E-state index in [1.165, 1.54) is 11.3 Å². The number of Topliss-reactive ketones (excluding diaryl/α,β-unsaturated/α-hetero) is 1. The Kier molecular flexibility index (Phi) is 3.80. The van der Waals surface area contributed by atoms with Crippen LogP contribution in [-0.2, 0) is 0 Å². The minimum absolute atomic E-state index is 0.0455. The SMILES string of the molecule is CC1(O)CCN(CC(=O)c2cc(Cl)sc2Cl)C1. The van der Waals surface area contributed by atoms with Gasteiger partial charge in [-0.1, -0.05) is 23.2 Å². The zero-order valence-corrected chi connectivity index (χ0v) is 11.7. The van der Waals surface area contributed by atoms with Crippen LogP contribution in [0.15, 0.2) is 6.07 Å². The molecule has 1 aliphatic heterocycles. The summed E-state index contributed by atoms with van der Waals surface area (Å²) >= 11 is 12.9. The van der Waals surface area contributed by atoms with E-state index in [2.05, 4.69) is 0 Å². The summed E-state index contributed by atoms with van der Waals surface area (Å²) in [5.74, 6) is -0.0455. The Bertz CT molecular complexity index is 445. The Morgan fingerprint density at radius 1 is 1.65 bits per heavy atom. The average molecular weight is 294 g/mol. The number of carbonyl (C=O) groups excluding carboxylic acids is 1. The molecule has 1 aromatic rings. The maximum absolute atomic E-state index is 12.0. The molecule has 1 N–H and O–H groups in total. The lowest BCUT2D eigenvalue weighted by Gasteiger charge is -2.17. The molecule has 0 radical (unpaired) electrons. The van der Waals surface area contributed by atoms with Crippen molar-refractivity contribution in [3.63, 3.8) is 0 Å². The fraction of sp³-hybridized carbons (Fsp3) is 0.545. The van der Waals surface area contributed by atoms with E-state index in [-0.39, 0.29) is 12.3 Å². The summed E-state index contributed by atoms with van der Waals surface area (Å²) < 4.78 is 0.956. The molecule has 1 fully saturated rings. The predicted octanol–water partition coefficient (Wildman–Crippen LogP) is 2.69. The molecule has 0 spiro atoms. The second-order valence-corrected chi connectivity index (χ2v) is 6.90. The van der Waals surface area contributed by atoms with Gasteiger partial charge in [0.05, 0.1) is 22.0 Å². The lowest BCUT2D eigenvalue weighted by molar-refractivity contribution is 0.0669. The number of carbonyl (C=O) groups is 1. The van der Waals surface area contributed by atoms with Gasteiger partial charge in [-0.05, 0) is 19.4 Å². The molecule has 2 rings (SSSR count). The van der Waals surface area contributed by atoms with Gasteiger partial charge in [0.1, 0.15) is 4.34 Å². The highest BCUT2D eigenvalue weighted by molar-refractivity contribution is 7.20. The number of halogens is 2. The maximum atomic E-state index is 12.0. The standard InChI is InChI=1S/C11H13Cl2NO2S/c1-11(16)2-3-14(6-11)5-8(15)7-4-9(12)17-10(7)13/h4,16H,2-3,5-6H2,1H3. The Balaban J connectivity index is 2.01. The molecule has 1 atom stereocenters. The van der Waals surface area contributed by atoms with Gasteiger partial charge in [-0.15, -0.1) is 11.3 Å². The summed E-state index contributed by atoms with van der Waals surface area (Å²) in [6.45, 7) is 3.32. The molecule has 0 aromatic carbocycles. The number of likely N-dealkylation sites (tertiary alicyclic amines) is 1. The highest BCUT2D eigenvalue weighted by atomic mass is 35.5. The van der Waals surface area contributed by atoms with Crippen LogP contribution in [0.25, 0.3) is 0 Å². The Hall–Kier alpha value is -0.130. The molecular weight excluding hydrogens is 281 g/mol. The summed E-state index contributed by atoms with van der Waals surface area (Å²) in [6.07, 6.45) is 0.693. The normalized spacial score (nSPS) is 25.4. The van der Waals surface area contributed by atoms with Gasteiger partial charge in [-0.2, -0.15) is 0 Å². The number of rotatable bonds is 3. The molecule has 0 aliphatic carbocycles. The highest BCUT2D eigenvalue weighted by Crippen LogP contribution is 2.32. The zero-order chi connectivity index (χ0) is 12.6. The van der Waals surface area contributed by atoms with Gasteiger partial charge in [0, 0.05) is 13.1 Å². The fourth-order valence-electron chi connectivity index (χ4n) is 1.99. The van der Waals surface area contributed by atoms with Gasteiger partial charge < -0.3 is 5.11 Å². The van der Waals surface area contributed by atoms with Crippen LogP contribution < -0.4 is 0 Å². The van der Waals surface area contributed by atoms with Gasteiger partial charge >= 0.3 is 0 Å². The smallest absolute Gasteiger partial charge is 0.179 e. The van der Waals surface area contributed by atoms with Crippen molar-refractivity contribution in [3.8, 4) is 0 Å². The number of hydrogen-bond acceptors (Lipinski definition) is 4. The van der Waals surface area contributed by atoms with Crippen LogP contribution in [0.1, 0.15) is 23.7 Å². The first-order chi connectivity index (χ1) is 7.87. The van der Waals surface area contributed by atoms with E-state index >= 15 is 0 Å². The lowest BCUT2D eigenvalue weighted by atomic mass is 10.1. The van der Waals surface area contributed by atoms with E-state index in [1.54, 1.807) is 13.0 Å². The second-order valence-electron chi connectivity index (χ2n) is 4.62. The fourth-order valence-corrected chi connectivity index (χ4v) is 3.49. The third-order valence-corrected chi connectivity index (χ3v) is 4.34. The van der Waals surface area contributed by atoms with Crippen LogP contribution >= 0.6 is 34.5 Å². The number of aliphatic hydroxyl groups is 1. The van der Waals surface area contributed by atoms with E-state index in [4.69, 9.17) is 23.2 Å². The molecule has 1 saturated heterocycles. The summed E-state index contributed by atoms with van der Waals surface area (Å²) in [5, 5.41) is 9.81. The molecule has 0 amide bonds. The predicted molar refractivity (Wildman–Crippen MR) is 70.4 cm³/mol. The molecule has 2 heterocycles. The first-order valence-corrected chi connectivity index (χ1v) is 6.87. The van der Waals surface area contributed by atoms with Crippen molar-refractivity contribution in [2.45, 2.75) is 18.9 Å². The Morgan fingerprint density at radius 2 is 2.35 bits per heavy atom. The van der Waals surface area contributed by atoms with Crippen molar-refractivity contribution in [3.05, 3.63) is 20.3 Å². The van der Waals surface area contributed by atoms with Gasteiger partial charge in [0.2, 0.25) is 0 Å². The first-order valence-electron chi connectivity index (χ1n) is 5.30. The van der Waals surface area contributed by atoms with Crippen LogP contribution in [0.2, 0.25) is 8.67 Å². The number of nitrogens with zero attached hydrogens (tertiary/aromatic N) is 1. The molecule has 1 aliphatic rings. The van der Waals surface area contributed by atoms with E-state index in [9.17, 15) is 9.90 Å². The van der Waals surface area contributed by atoms with Crippen molar-refractivity contribution in [2.24, 2.45) is 0 Å². The quantitative estimate of drug-likeness (QED) is 0.871. The van der Waals surface area contributed by atoms with Crippen LogP contribution in [0, 0.1) is 0 Å². The molecule has 17 heavy (non-hydrogen) atoms. The average Bonchev–Trinajstić information content (AvgIpc) is 2.69. The van der Waals surface area contributed by atoms with Crippen LogP contribution in [0.3, 0.4) is 0 Å². The van der Waals surface area contributed by atoms with Crippen molar-refractivity contribution in [1.29, 1.82) is 0 Å². The second kappa shape index (κ2) is 4.86. The van der Waals surface area contributed by atoms with Crippen LogP contribution in [-0.4, -0.2) is 41.0 Å². The molecule has 94 valence electrons. The highest BCUT2D eigenvalue weighted by Gasteiger charge is 2.32. The molecule has 3 nitrogen and oxygen atoms in total. The molecule has 0 saturated carbocycles. The molecule has 6 heteroatoms. The zero-order valence-electron chi connectivity index (χ0n) is 9.37. The molecule has 1 aromatic heterocycles. The van der Waals surface area contributed by atoms with Crippen molar-refractivity contribution in [1.82, 2.24) is 4.90 Å². The Labute approximate surface area is 114 Å². The van der Waals surface area contributed by atoms with Crippen molar-refractivity contribution in [2.75, 3.05) is 19.6 Å². The van der Waals surface area contributed by atoms with Crippen LogP contribution in [0.4, 0.5) is 0 Å². The maximum Gasteiger partial charge on any atom is 0.179 e. The minimum atomic E-state index is -0.684. The molecular formula is C11H13Cl2NO2S. The third kappa shape index (κ3) is 3.20. The van der Waals surface area contributed by atoms with E-state index in [1.807, 2.05) is 4.90 Å². The van der Waals surface area contributed by atoms with E-state index in [0.717, 1.165) is 6.54 Å². The van der Waals surface area contributed by atoms with Gasteiger partial charge in [0.15, 0.2) is 5.78 Å². The molecule has 0 bridgehead atoms. The third-order valence-electron chi connectivity index (χ3n) is 2.86. The van der Waals surface area contributed by atoms with Gasteiger partial charge in [-0.3, -0.25) is 9.69 Å². The van der Waals surface area contributed by atoms with Crippen molar-refractivity contribution < 1.29 is 9.90 Å². The van der Waals surface area contributed by atoms with E-state index < -0.39 is 5.60 Å². The van der Waals surface area contributed by atoms with E-state index in [0.29, 0.717) is 27.2 Å². The number of thiophene rings is 1.